The van der Waals surface area contributed by atoms with Gasteiger partial charge >= 0.3 is 0 Å². The van der Waals surface area contributed by atoms with Crippen molar-refractivity contribution in [3.63, 3.8) is 0 Å². The Kier molecular flexibility index (Phi) is 27.8. The number of para-hydroxylation sites is 2. The van der Waals surface area contributed by atoms with Gasteiger partial charge in [0.05, 0.1) is 56.1 Å². The summed E-state index contributed by atoms with van der Waals surface area (Å²) in [6.07, 6.45) is 11.6. The Morgan fingerprint density at radius 3 is 2.22 bits per heavy atom. The molecule has 24 nitrogen and oxygen atoms in total. The van der Waals surface area contributed by atoms with Crippen LogP contribution in [0.3, 0.4) is 0 Å². The minimum atomic E-state index is -4.04. The summed E-state index contributed by atoms with van der Waals surface area (Å²) in [5.41, 5.74) is 11.9. The van der Waals surface area contributed by atoms with Crippen molar-refractivity contribution < 1.29 is 60.9 Å². The van der Waals surface area contributed by atoms with Gasteiger partial charge in [-0.25, -0.2) is 13.4 Å². The Balaban J connectivity index is 0.000000160. The number of anilines is 4. The van der Waals surface area contributed by atoms with Crippen molar-refractivity contribution in [1.82, 2.24) is 23.6 Å². The molecule has 2 aliphatic rings. The second-order valence-electron chi connectivity index (χ2n) is 25.7. The number of benzene rings is 7. The molecule has 0 bridgehead atoms. The number of sulfone groups is 1. The van der Waals surface area contributed by atoms with Gasteiger partial charge in [0.15, 0.2) is 17.3 Å². The van der Waals surface area contributed by atoms with Crippen LogP contribution in [0, 0.1) is 5.41 Å². The predicted molar refractivity (Wildman–Crippen MR) is 429 cm³/mol. The number of nitrogens with one attached hydrogen (secondary N) is 4. The van der Waals surface area contributed by atoms with Crippen LogP contribution < -0.4 is 51.8 Å². The number of nitrogens with zero attached hydrogens (tertiary/aromatic N) is 5. The average molecular weight is 1590 g/mol. The van der Waals surface area contributed by atoms with E-state index in [4.69, 9.17) is 30.1 Å². The van der Waals surface area contributed by atoms with E-state index in [2.05, 4.69) is 48.2 Å². The van der Waals surface area contributed by atoms with Crippen LogP contribution in [0.15, 0.2) is 207 Å². The van der Waals surface area contributed by atoms with Crippen LogP contribution >= 0.6 is 27.5 Å². The van der Waals surface area contributed by atoms with Crippen LogP contribution in [-0.4, -0.2) is 115 Å². The molecule has 6 N–H and O–H groups in total. The second-order valence-corrected chi connectivity index (χ2v) is 29.3. The van der Waals surface area contributed by atoms with Gasteiger partial charge in [-0.05, 0) is 134 Å². The normalized spacial score (nSPS) is 12.8. The molecule has 0 spiro atoms. The maximum atomic E-state index is 13.7. The molecule has 5 heterocycles. The molecule has 13 rings (SSSR count). The van der Waals surface area contributed by atoms with Gasteiger partial charge in [-0.1, -0.05) is 152 Å². The number of ether oxygens (including phenoxy) is 4. The van der Waals surface area contributed by atoms with Crippen LogP contribution in [0.4, 0.5) is 22.7 Å². The van der Waals surface area contributed by atoms with Crippen molar-refractivity contribution in [2.45, 2.75) is 100 Å². The monoisotopic (exact) mass is 1590 g/mol. The van der Waals surface area contributed by atoms with Gasteiger partial charge in [0.2, 0.25) is 15.6 Å². The molecule has 568 valence electrons. The Bertz CT molecular complexity index is 5540. The Morgan fingerprint density at radius 1 is 0.773 bits per heavy atom. The highest BCUT2D eigenvalue weighted by molar-refractivity contribution is 9.10. The summed E-state index contributed by atoms with van der Waals surface area (Å²) in [4.78, 5) is 106. The highest BCUT2D eigenvalue weighted by Crippen LogP contribution is 2.37. The number of fused-ring (bicyclic) bond motifs is 4. The fraction of sp³-hybridized carbons (Fsp3) is 0.241. The summed E-state index contributed by atoms with van der Waals surface area (Å²) in [6.45, 7) is 3.78. The van der Waals surface area contributed by atoms with Crippen molar-refractivity contribution in [2.75, 3.05) is 62.9 Å². The number of ketones is 3. The molecule has 0 unspecified atom stereocenters. The molecule has 11 aromatic rings. The molecule has 0 saturated heterocycles. The number of halogens is 1. The van der Waals surface area contributed by atoms with Crippen LogP contribution in [0.25, 0.3) is 39.1 Å². The van der Waals surface area contributed by atoms with Gasteiger partial charge in [0, 0.05) is 88.3 Å². The van der Waals surface area contributed by atoms with Crippen molar-refractivity contribution >= 4 is 140 Å². The quantitative estimate of drug-likeness (QED) is 0.0123. The van der Waals surface area contributed by atoms with E-state index in [1.807, 2.05) is 91.0 Å². The first kappa shape index (κ1) is 80.8. The van der Waals surface area contributed by atoms with Crippen LogP contribution in [0.5, 0.6) is 17.2 Å². The van der Waals surface area contributed by atoms with Gasteiger partial charge in [0.1, 0.15) is 43.8 Å². The number of carbonyl (C=O) groups excluding carboxylic acids is 7. The van der Waals surface area contributed by atoms with E-state index in [1.54, 1.807) is 92.2 Å². The maximum absolute atomic E-state index is 13.7. The standard InChI is InChI=1S/C26H36N4O5S.C21H17NO3.C20H17BrN4O4S.C16H13NO2/c1-4-5-7-12-18(31)16-30(20-14-13-19(34-2)15-21(20)35-3)26(33)24-22(27)23(29-36-24)25(32)28-17-10-8-6-9-11-17;1-14(23)17-9-4-6-15(12-17)13-20(24)21(25)22-19-11-5-8-16-7-2-3-10-18(16)19;1-29-11-10-25-18(22)16(30(27,28)14-7-5-13(21)6-8-14)12-15-19(25)23-17-4-2-3-9-24(17)20(15)26;1-19-15-9-5-2-6-11(15)10-13-12-7-3-4-8-14(12)17-16(13)18/h13-15,17H,4-12,16,27H2,1-3H3,(H,28,32);2-12H,13H2,1H3,(H,22,25);2-9,12,22H,10-11H2,1H3;2-10H,1H3,(H,17,18)/b;;;13-10-. The number of pyridine rings is 2. The summed E-state index contributed by atoms with van der Waals surface area (Å²) in [7, 11) is 2.11. The minimum Gasteiger partial charge on any atom is -0.497 e. The molecule has 110 heavy (non-hydrogen) atoms. The van der Waals surface area contributed by atoms with E-state index in [0.29, 0.717) is 51.6 Å². The average Bonchev–Trinajstić information content (AvgIpc) is 1.02. The maximum Gasteiger partial charge on any atom is 0.292 e. The molecular weight excluding hydrogens is 1510 g/mol. The number of methoxy groups -OCH3 is 4. The summed E-state index contributed by atoms with van der Waals surface area (Å²) >= 11 is 4.15. The van der Waals surface area contributed by atoms with E-state index < -0.39 is 33.0 Å². The first-order valence-corrected chi connectivity index (χ1v) is 38.5. The van der Waals surface area contributed by atoms with Gasteiger partial charge in [-0.3, -0.25) is 53.1 Å². The third-order valence-corrected chi connectivity index (χ3v) is 21.4. The fourth-order valence-electron chi connectivity index (χ4n) is 12.5. The second kappa shape index (κ2) is 37.8. The molecular formula is C83H83BrN10O14S2. The smallest absolute Gasteiger partial charge is 0.292 e. The Morgan fingerprint density at radius 2 is 1.48 bits per heavy atom. The number of Topliss-reactive ketones (excluding diaryl/α,β-unsaturated/α-hetero) is 3. The Hall–Kier alpha value is -11.8. The molecule has 7 aromatic carbocycles. The molecule has 1 fully saturated rings. The lowest BCUT2D eigenvalue weighted by atomic mass is 9.95. The predicted octanol–water partition coefficient (Wildman–Crippen LogP) is 14.0. The van der Waals surface area contributed by atoms with Crippen molar-refractivity contribution in [2.24, 2.45) is 0 Å². The van der Waals surface area contributed by atoms with Crippen LogP contribution in [-0.2, 0) is 46.7 Å². The zero-order valence-corrected chi connectivity index (χ0v) is 64.7. The number of nitrogens with two attached hydrogens (primary N) is 1. The van der Waals surface area contributed by atoms with Crippen molar-refractivity contribution in [3.8, 4) is 17.2 Å². The first-order valence-electron chi connectivity index (χ1n) is 35.5. The fourth-order valence-corrected chi connectivity index (χ4v) is 14.9. The zero-order chi connectivity index (χ0) is 78.6. The van der Waals surface area contributed by atoms with E-state index in [1.165, 1.54) is 66.7 Å². The molecule has 27 heteroatoms. The van der Waals surface area contributed by atoms with E-state index in [-0.39, 0.29) is 98.1 Å². The highest BCUT2D eigenvalue weighted by atomic mass is 79.9. The van der Waals surface area contributed by atoms with Gasteiger partial charge in [-0.2, -0.15) is 4.37 Å². The van der Waals surface area contributed by atoms with E-state index >= 15 is 0 Å². The number of aromatic nitrogens is 4. The van der Waals surface area contributed by atoms with E-state index in [9.17, 15) is 46.8 Å². The molecule has 4 aromatic heterocycles. The lowest BCUT2D eigenvalue weighted by molar-refractivity contribution is -0.134. The molecule has 0 radical (unpaired) electrons. The lowest BCUT2D eigenvalue weighted by Crippen LogP contribution is -2.37. The third kappa shape index (κ3) is 19.6. The van der Waals surface area contributed by atoms with Crippen LogP contribution in [0.2, 0.25) is 0 Å². The number of amides is 4. The lowest BCUT2D eigenvalue weighted by Gasteiger charge is -2.24. The molecule has 1 saturated carbocycles. The van der Waals surface area contributed by atoms with Gasteiger partial charge in [-0.15, -0.1) is 0 Å². The van der Waals surface area contributed by atoms with E-state index in [0.717, 1.165) is 94.3 Å². The highest BCUT2D eigenvalue weighted by Gasteiger charge is 2.32. The number of hydrogen-bond donors (Lipinski definition) is 5. The first-order chi connectivity index (χ1) is 53.1. The van der Waals surface area contributed by atoms with Crippen molar-refractivity contribution in [1.29, 1.82) is 5.41 Å². The number of carbonyl (C=O) groups is 7. The van der Waals surface area contributed by atoms with Gasteiger partial charge < -0.3 is 45.2 Å². The van der Waals surface area contributed by atoms with Crippen LogP contribution in [0.1, 0.15) is 119 Å². The zero-order valence-electron chi connectivity index (χ0n) is 61.5. The minimum absolute atomic E-state index is 0.0224. The SMILES string of the molecule is CC(=O)c1cccc(CC(=O)C(=O)Nc2cccc3ccccc23)c1.CCCCCC(=O)CN(C(=O)c1snc(C(=O)NC2CCCCC2)c1N)c1ccc(OC)cc1OC.COCCn1c(=N)c(S(=O)(=O)c2ccc(Br)cc2)cc2c(=O)n3ccccc3nc21.COc1ccccc1/C=C1\C(=O)Nc2ccccc21. The topological polar surface area (TPSA) is 332 Å². The third-order valence-electron chi connectivity index (χ3n) is 18.2. The number of rotatable bonds is 24. The molecule has 1 aliphatic carbocycles. The summed E-state index contributed by atoms with van der Waals surface area (Å²) in [5.74, 6) is -0.633. The largest absolute Gasteiger partial charge is 0.497 e. The summed E-state index contributed by atoms with van der Waals surface area (Å²) in [6, 6.07) is 52.9. The number of hydrogen-bond acceptors (Lipinski definition) is 19. The Labute approximate surface area is 648 Å². The molecule has 4 amide bonds. The van der Waals surface area contributed by atoms with Crippen molar-refractivity contribution in [3.05, 3.63) is 241 Å². The molecule has 0 atom stereocenters. The van der Waals surface area contributed by atoms with Gasteiger partial charge in [0.25, 0.3) is 29.2 Å². The molecule has 1 aliphatic heterocycles. The summed E-state index contributed by atoms with van der Waals surface area (Å²) < 4.78 is 55.5. The summed E-state index contributed by atoms with van der Waals surface area (Å²) in [5, 5.41) is 19.1. The number of unbranched alkanes of at least 4 members (excludes halogenated alkanes) is 2. The number of nitrogen functional groups attached to an aromatic ring is 1.